The Labute approximate surface area is 491 Å². The molecular weight excluding hydrogens is 1010 g/mol. The number of carbonyl (C=O) groups is 1. The first-order valence-corrected chi connectivity index (χ1v) is 29.9. The standard InChI is InChI=1S/C64H106N4O2.CH2O3.3CH3.Co/c1-13-21-35-63(11,36-22-14-2)57-47-53(9)61(69)55(49-57)51-65-59-33-29-30-34-60(59)66-52-56-50-58(48-54(10)62(56)70)64(12,37-31-45-67(39-23-15-3,40-24-16-4)41-25-17-5)38-32-46-68(42-26-18-6,43-27-19-7)44-28-20-8;2-1(3)4;;;;/h29-30,33-34,47-52H,13-28,31-32,35-46H2,1-12H3;(H2,2,3,4);3*1H3;/q;;3*-1;/p+2. The van der Waals surface area contributed by atoms with Crippen LogP contribution >= 0.6 is 0 Å². The molecule has 9 nitrogen and oxygen atoms in total. The maximum Gasteiger partial charge on any atom is 0.503 e. The van der Waals surface area contributed by atoms with Crippen molar-refractivity contribution < 1.29 is 51.0 Å². The van der Waals surface area contributed by atoms with Crippen LogP contribution in [0.5, 0.6) is 11.5 Å². The van der Waals surface area contributed by atoms with Gasteiger partial charge in [0.1, 0.15) is 11.5 Å². The van der Waals surface area contributed by atoms with Crippen molar-refractivity contribution in [2.45, 2.75) is 235 Å². The molecule has 10 heteroatoms. The molecule has 0 atom stereocenters. The summed E-state index contributed by atoms with van der Waals surface area (Å²) in [7, 11) is 0. The van der Waals surface area contributed by atoms with Gasteiger partial charge in [0.05, 0.1) is 63.7 Å². The molecule has 0 spiro atoms. The average Bonchev–Trinajstić information content (AvgIpc) is 3.38. The summed E-state index contributed by atoms with van der Waals surface area (Å²) < 4.78 is 2.54. The van der Waals surface area contributed by atoms with E-state index in [1.165, 1.54) is 188 Å². The number of aryl methyl sites for hydroxylation is 2. The first-order chi connectivity index (χ1) is 35.4. The fraction of sp³-hybridized carbons (Fsp3) is 0.647. The van der Waals surface area contributed by atoms with E-state index in [0.29, 0.717) is 5.75 Å². The molecule has 3 aromatic carbocycles. The normalized spacial score (nSPS) is 11.8. The Balaban J connectivity index is -0.00000678. The van der Waals surface area contributed by atoms with E-state index in [1.54, 1.807) is 0 Å². The van der Waals surface area contributed by atoms with Gasteiger partial charge in [-0.15, -0.1) is 0 Å². The van der Waals surface area contributed by atoms with Crippen LogP contribution in [0.4, 0.5) is 16.2 Å². The Kier molecular flexibility index (Phi) is 42.5. The van der Waals surface area contributed by atoms with E-state index in [0.717, 1.165) is 59.3 Å². The predicted octanol–water partition coefficient (Wildman–Crippen LogP) is 19.7. The molecule has 3 aromatic rings. The molecule has 0 aliphatic rings. The summed E-state index contributed by atoms with van der Waals surface area (Å²) in [6.45, 7) is 38.0. The smallest absolute Gasteiger partial charge is 0.503 e. The van der Waals surface area contributed by atoms with Crippen molar-refractivity contribution in [3.8, 4) is 11.5 Å². The third-order valence-electron chi connectivity index (χ3n) is 16.4. The van der Waals surface area contributed by atoms with Crippen LogP contribution in [0.2, 0.25) is 0 Å². The van der Waals surface area contributed by atoms with Crippen molar-refractivity contribution in [2.75, 3.05) is 52.4 Å². The van der Waals surface area contributed by atoms with Crippen molar-refractivity contribution in [3.05, 3.63) is 104 Å². The molecule has 0 saturated carbocycles. The molecule has 3 rings (SSSR count). The number of hydrogen-bond donors (Lipinski definition) is 4. The largest absolute Gasteiger partial charge is 0.507 e. The molecule has 0 fully saturated rings. The fourth-order valence-corrected chi connectivity index (χ4v) is 11.3. The molecule has 0 aliphatic heterocycles. The third-order valence-corrected chi connectivity index (χ3v) is 16.4. The summed E-state index contributed by atoms with van der Waals surface area (Å²) in [5.41, 5.74) is 7.35. The number of nitrogens with zero attached hydrogens (tertiary/aromatic N) is 4. The Hall–Kier alpha value is -3.70. The van der Waals surface area contributed by atoms with Gasteiger partial charge in [-0.25, -0.2) is 4.79 Å². The second-order valence-corrected chi connectivity index (χ2v) is 22.9. The summed E-state index contributed by atoms with van der Waals surface area (Å²) in [5, 5.41) is 37.0. The molecule has 0 amide bonds. The minimum Gasteiger partial charge on any atom is -0.507 e. The molecule has 78 heavy (non-hydrogen) atoms. The van der Waals surface area contributed by atoms with Gasteiger partial charge in [-0.1, -0.05) is 158 Å². The Morgan fingerprint density at radius 2 is 0.705 bits per heavy atom. The summed E-state index contributed by atoms with van der Waals surface area (Å²) in [6.07, 6.45) is 28.9. The van der Waals surface area contributed by atoms with Gasteiger partial charge in [-0.3, -0.25) is 9.98 Å². The second-order valence-electron chi connectivity index (χ2n) is 22.9. The van der Waals surface area contributed by atoms with Crippen LogP contribution in [-0.4, -0.2) is 100 Å². The van der Waals surface area contributed by atoms with E-state index in [1.807, 2.05) is 43.6 Å². The number of aromatic hydroxyl groups is 2. The second kappa shape index (κ2) is 42.2. The van der Waals surface area contributed by atoms with Crippen LogP contribution in [0.3, 0.4) is 0 Å². The first kappa shape index (κ1) is 78.5. The number of rotatable bonds is 38. The van der Waals surface area contributed by atoms with Gasteiger partial charge >= 0.3 is 6.16 Å². The first-order valence-electron chi connectivity index (χ1n) is 29.9. The van der Waals surface area contributed by atoms with Gasteiger partial charge in [0.2, 0.25) is 0 Å². The average molecular weight is 1130 g/mol. The van der Waals surface area contributed by atoms with Crippen LogP contribution in [0, 0.1) is 36.1 Å². The van der Waals surface area contributed by atoms with Crippen molar-refractivity contribution in [1.82, 2.24) is 0 Å². The van der Waals surface area contributed by atoms with Gasteiger partial charge in [0, 0.05) is 40.3 Å². The van der Waals surface area contributed by atoms with Crippen molar-refractivity contribution in [1.29, 1.82) is 0 Å². The monoisotopic (exact) mass is 1130 g/mol. The maximum absolute atomic E-state index is 11.7. The van der Waals surface area contributed by atoms with Crippen molar-refractivity contribution >= 4 is 30.0 Å². The van der Waals surface area contributed by atoms with Gasteiger partial charge in [-0.2, -0.15) is 0 Å². The molecule has 451 valence electrons. The van der Waals surface area contributed by atoms with Crippen LogP contribution in [-0.2, 0) is 27.6 Å². The Morgan fingerprint density at radius 1 is 0.462 bits per heavy atom. The number of carboxylic acid groups (broad SMARTS) is 2. The van der Waals surface area contributed by atoms with E-state index < -0.39 is 6.16 Å². The quantitative estimate of drug-likeness (QED) is 0.0259. The number of aliphatic imine (C=N–C) groups is 2. The number of para-hydroxylation sites is 2. The van der Waals surface area contributed by atoms with Crippen molar-refractivity contribution in [3.63, 3.8) is 0 Å². The molecule has 1 radical (unpaired) electrons. The van der Waals surface area contributed by atoms with Crippen LogP contribution in [0.15, 0.2) is 58.5 Å². The summed E-state index contributed by atoms with van der Waals surface area (Å²) >= 11 is 0. The molecule has 0 heterocycles. The molecule has 0 saturated heterocycles. The van der Waals surface area contributed by atoms with Crippen LogP contribution in [0.25, 0.3) is 0 Å². The van der Waals surface area contributed by atoms with Gasteiger partial charge in [-0.05, 0) is 148 Å². The molecule has 0 unspecified atom stereocenters. The number of hydrogen-bond acceptors (Lipinski definition) is 5. The van der Waals surface area contributed by atoms with E-state index in [4.69, 9.17) is 25.0 Å². The van der Waals surface area contributed by atoms with E-state index in [2.05, 4.69) is 100 Å². The summed E-state index contributed by atoms with van der Waals surface area (Å²) in [5.74, 6) is 0.577. The Morgan fingerprint density at radius 3 is 0.962 bits per heavy atom. The minimum atomic E-state index is -1.83. The summed E-state index contributed by atoms with van der Waals surface area (Å²) in [4.78, 5) is 18.6. The number of phenols is 2. The fourth-order valence-electron chi connectivity index (χ4n) is 11.3. The maximum atomic E-state index is 11.7. The van der Waals surface area contributed by atoms with E-state index in [9.17, 15) is 10.2 Å². The zero-order chi connectivity index (χ0) is 55.0. The van der Waals surface area contributed by atoms with E-state index in [-0.39, 0.29) is 55.6 Å². The number of phenolic OH excluding ortho intramolecular Hbond substituents is 2. The zero-order valence-electron chi connectivity index (χ0n) is 52.8. The SMILES string of the molecule is CCCCC(C)(CCCC)c1cc(C)c(O)c(C=Nc2ccccc2N=Cc2cc(C(C)(CCC[N+](CCCC)(CCCC)CCCC)CCC[N+](CCCC)(CCCC)CCCC)cc(C)c2O)c1.O=C(O)O.[CH3-].[CH3-].[CH3-].[Co]. The van der Waals surface area contributed by atoms with Crippen LogP contribution in [0.1, 0.15) is 244 Å². The minimum absolute atomic E-state index is 0. The number of quaternary nitrogens is 2. The van der Waals surface area contributed by atoms with E-state index >= 15 is 0 Å². The zero-order valence-corrected chi connectivity index (χ0v) is 53.8. The van der Waals surface area contributed by atoms with Gasteiger partial charge in [0.25, 0.3) is 0 Å². The molecular formula is C68H119CoN4O5-. The molecule has 0 aromatic heterocycles. The third kappa shape index (κ3) is 26.7. The number of benzene rings is 3. The predicted molar refractivity (Wildman–Crippen MR) is 338 cm³/mol. The molecule has 0 bridgehead atoms. The van der Waals surface area contributed by atoms with Gasteiger partial charge < -0.3 is 51.7 Å². The number of unbranched alkanes of at least 4 members (excludes halogenated alkanes) is 8. The Bertz CT molecular complexity index is 2010. The van der Waals surface area contributed by atoms with Crippen molar-refractivity contribution in [2.24, 2.45) is 9.98 Å². The molecule has 0 aliphatic carbocycles. The topological polar surface area (TPSA) is 123 Å². The van der Waals surface area contributed by atoms with Gasteiger partial charge in [0.15, 0.2) is 0 Å². The van der Waals surface area contributed by atoms with Crippen LogP contribution < -0.4 is 0 Å². The summed E-state index contributed by atoms with van der Waals surface area (Å²) in [6, 6.07) is 16.9. The molecule has 4 N–H and O–H groups in total.